The van der Waals surface area contributed by atoms with E-state index >= 15 is 0 Å². The van der Waals surface area contributed by atoms with Gasteiger partial charge >= 0.3 is 0 Å². The summed E-state index contributed by atoms with van der Waals surface area (Å²) in [6, 6.07) is 18.1. The van der Waals surface area contributed by atoms with Crippen molar-refractivity contribution < 1.29 is 14.3 Å². The first-order valence-corrected chi connectivity index (χ1v) is 11.1. The second-order valence-electron chi connectivity index (χ2n) is 8.54. The molecule has 6 rings (SSSR count). The van der Waals surface area contributed by atoms with E-state index < -0.39 is 0 Å². The van der Waals surface area contributed by atoms with Crippen molar-refractivity contribution in [2.45, 2.75) is 37.6 Å². The summed E-state index contributed by atoms with van der Waals surface area (Å²) in [4.78, 5) is 15.8. The molecule has 6 heteroatoms. The van der Waals surface area contributed by atoms with E-state index in [9.17, 15) is 4.79 Å². The van der Waals surface area contributed by atoms with Gasteiger partial charge in [-0.1, -0.05) is 24.3 Å². The van der Waals surface area contributed by atoms with Crippen LogP contribution in [0.1, 0.15) is 59.4 Å². The van der Waals surface area contributed by atoms with Gasteiger partial charge in [0.05, 0.1) is 17.4 Å². The van der Waals surface area contributed by atoms with Gasteiger partial charge in [-0.15, -0.1) is 0 Å². The van der Waals surface area contributed by atoms with E-state index in [1.807, 2.05) is 58.1 Å². The van der Waals surface area contributed by atoms with Crippen LogP contribution in [0.4, 0.5) is 0 Å². The lowest BCUT2D eigenvalue weighted by Gasteiger charge is -2.27. The summed E-state index contributed by atoms with van der Waals surface area (Å²) in [5.74, 6) is 2.08. The minimum Gasteiger partial charge on any atom is -0.486 e. The smallest absolute Gasteiger partial charge is 0.273 e. The molecule has 0 unspecified atom stereocenters. The second kappa shape index (κ2) is 7.45. The number of fused-ring (bicyclic) bond motifs is 1. The highest BCUT2D eigenvalue weighted by molar-refractivity contribution is 5.94. The molecule has 3 aromatic rings. The van der Waals surface area contributed by atoms with E-state index in [-0.39, 0.29) is 11.9 Å². The molecule has 2 fully saturated rings. The monoisotopic (exact) mass is 415 g/mol. The molecule has 1 amide bonds. The van der Waals surface area contributed by atoms with Crippen molar-refractivity contribution in [3.05, 3.63) is 71.5 Å². The summed E-state index contributed by atoms with van der Waals surface area (Å²) in [6.45, 7) is 1.88. The number of carbonyl (C=O) groups is 1. The van der Waals surface area contributed by atoms with E-state index in [4.69, 9.17) is 14.6 Å². The molecule has 3 aliphatic rings. The Labute approximate surface area is 181 Å². The van der Waals surface area contributed by atoms with Crippen molar-refractivity contribution >= 4 is 5.91 Å². The van der Waals surface area contributed by atoms with Gasteiger partial charge in [-0.2, -0.15) is 5.10 Å². The Bertz CT molecular complexity index is 1120. The highest BCUT2D eigenvalue weighted by Gasteiger charge is 2.35. The zero-order chi connectivity index (χ0) is 20.8. The second-order valence-corrected chi connectivity index (χ2v) is 8.54. The highest BCUT2D eigenvalue weighted by Crippen LogP contribution is 2.41. The van der Waals surface area contributed by atoms with E-state index in [0.717, 1.165) is 60.7 Å². The summed E-state index contributed by atoms with van der Waals surface area (Å²) in [7, 11) is 0. The third-order valence-corrected chi connectivity index (χ3v) is 6.41. The summed E-state index contributed by atoms with van der Waals surface area (Å²) in [5.41, 5.74) is 3.70. The maximum absolute atomic E-state index is 13.8. The van der Waals surface area contributed by atoms with E-state index in [1.165, 1.54) is 0 Å². The van der Waals surface area contributed by atoms with Crippen LogP contribution in [0.2, 0.25) is 0 Å². The molecule has 2 aliphatic heterocycles. The van der Waals surface area contributed by atoms with E-state index in [2.05, 4.69) is 6.07 Å². The van der Waals surface area contributed by atoms with Crippen molar-refractivity contribution in [2.75, 3.05) is 19.8 Å². The standard InChI is InChI=1S/C25H25N3O3/c29-25(22-16-20(17-8-9-17)26-28(22)19-5-2-1-3-6-19)27-12-4-7-21(27)18-10-11-23-24(15-18)31-14-13-30-23/h1-3,5-6,10-11,15-17,21H,4,7-9,12-14H2/t21-/m1/s1. The molecule has 6 nitrogen and oxygen atoms in total. The van der Waals surface area contributed by atoms with Crippen molar-refractivity contribution in [1.82, 2.24) is 14.7 Å². The zero-order valence-electron chi connectivity index (χ0n) is 17.4. The molecule has 0 spiro atoms. The summed E-state index contributed by atoms with van der Waals surface area (Å²) in [5, 5.41) is 4.82. The fourth-order valence-corrected chi connectivity index (χ4v) is 4.67. The number of nitrogens with zero attached hydrogens (tertiary/aromatic N) is 3. The fourth-order valence-electron chi connectivity index (χ4n) is 4.67. The fraction of sp³-hybridized carbons (Fsp3) is 0.360. The maximum atomic E-state index is 13.8. The third kappa shape index (κ3) is 3.36. The maximum Gasteiger partial charge on any atom is 0.273 e. The molecule has 0 bridgehead atoms. The van der Waals surface area contributed by atoms with Gasteiger partial charge in [0.1, 0.15) is 18.9 Å². The summed E-state index contributed by atoms with van der Waals surface area (Å²) in [6.07, 6.45) is 4.24. The normalized spacial score (nSPS) is 20.1. The number of hydrogen-bond donors (Lipinski definition) is 0. The first kappa shape index (κ1) is 18.5. The van der Waals surface area contributed by atoms with Crippen LogP contribution in [0.3, 0.4) is 0 Å². The number of likely N-dealkylation sites (tertiary alicyclic amines) is 1. The van der Waals surface area contributed by atoms with Crippen LogP contribution in [0.15, 0.2) is 54.6 Å². The summed E-state index contributed by atoms with van der Waals surface area (Å²) >= 11 is 0. The number of para-hydroxylation sites is 1. The molecular formula is C25H25N3O3. The van der Waals surface area contributed by atoms with Crippen molar-refractivity contribution in [3.63, 3.8) is 0 Å². The topological polar surface area (TPSA) is 56.6 Å². The molecule has 2 aromatic carbocycles. The van der Waals surface area contributed by atoms with Crippen LogP contribution in [0, 0.1) is 0 Å². The Kier molecular flexibility index (Phi) is 4.44. The summed E-state index contributed by atoms with van der Waals surface area (Å²) < 4.78 is 13.3. The minimum atomic E-state index is 0.0341. The van der Waals surface area contributed by atoms with Gasteiger partial charge in [0.25, 0.3) is 5.91 Å². The van der Waals surface area contributed by atoms with Gasteiger partial charge in [-0.05, 0) is 61.6 Å². The average Bonchev–Trinajstić information content (AvgIpc) is 3.39. The molecule has 3 heterocycles. The number of aromatic nitrogens is 2. The lowest BCUT2D eigenvalue weighted by molar-refractivity contribution is 0.0726. The molecule has 0 radical (unpaired) electrons. The highest BCUT2D eigenvalue weighted by atomic mass is 16.6. The zero-order valence-corrected chi connectivity index (χ0v) is 17.4. The third-order valence-electron chi connectivity index (χ3n) is 6.41. The first-order valence-electron chi connectivity index (χ1n) is 11.1. The Morgan fingerprint density at radius 3 is 2.55 bits per heavy atom. The molecule has 1 aromatic heterocycles. The number of benzene rings is 2. The van der Waals surface area contributed by atoms with E-state index in [0.29, 0.717) is 24.8 Å². The van der Waals surface area contributed by atoms with Crippen LogP contribution < -0.4 is 9.47 Å². The van der Waals surface area contributed by atoms with Gasteiger partial charge in [0.15, 0.2) is 11.5 Å². The van der Waals surface area contributed by atoms with Gasteiger partial charge in [0, 0.05) is 12.5 Å². The lowest BCUT2D eigenvalue weighted by Crippen LogP contribution is -2.32. The minimum absolute atomic E-state index is 0.0341. The van der Waals surface area contributed by atoms with Crippen LogP contribution in [0.5, 0.6) is 11.5 Å². The number of hydrogen-bond acceptors (Lipinski definition) is 4. The Balaban J connectivity index is 1.35. The van der Waals surface area contributed by atoms with Gasteiger partial charge in [0.2, 0.25) is 0 Å². The van der Waals surface area contributed by atoms with Gasteiger partial charge < -0.3 is 14.4 Å². The number of rotatable bonds is 4. The molecule has 1 saturated heterocycles. The molecule has 31 heavy (non-hydrogen) atoms. The average molecular weight is 415 g/mol. The SMILES string of the molecule is O=C(c1cc(C2CC2)nn1-c1ccccc1)N1CCC[C@@H]1c1ccc2c(c1)OCCO2. The van der Waals surface area contributed by atoms with Crippen LogP contribution in [0.25, 0.3) is 5.69 Å². The van der Waals surface area contributed by atoms with Crippen molar-refractivity contribution in [1.29, 1.82) is 0 Å². The van der Waals surface area contributed by atoms with Crippen molar-refractivity contribution in [3.8, 4) is 17.2 Å². The number of amides is 1. The van der Waals surface area contributed by atoms with E-state index in [1.54, 1.807) is 0 Å². The quantitative estimate of drug-likeness (QED) is 0.630. The largest absolute Gasteiger partial charge is 0.486 e. The molecule has 0 N–H and O–H groups in total. The van der Waals surface area contributed by atoms with Crippen LogP contribution in [-0.2, 0) is 0 Å². The van der Waals surface area contributed by atoms with Crippen LogP contribution in [-0.4, -0.2) is 40.3 Å². The molecule has 1 aliphatic carbocycles. The van der Waals surface area contributed by atoms with Crippen LogP contribution >= 0.6 is 0 Å². The number of ether oxygens (including phenoxy) is 2. The lowest BCUT2D eigenvalue weighted by atomic mass is 10.0. The Hall–Kier alpha value is -3.28. The number of carbonyl (C=O) groups excluding carboxylic acids is 1. The molecule has 1 saturated carbocycles. The van der Waals surface area contributed by atoms with Gasteiger partial charge in [-0.3, -0.25) is 4.79 Å². The van der Waals surface area contributed by atoms with Gasteiger partial charge in [-0.25, -0.2) is 4.68 Å². The first-order chi connectivity index (χ1) is 15.3. The Morgan fingerprint density at radius 1 is 0.935 bits per heavy atom. The molecule has 158 valence electrons. The predicted molar refractivity (Wildman–Crippen MR) is 116 cm³/mol. The Morgan fingerprint density at radius 2 is 1.74 bits per heavy atom. The van der Waals surface area contributed by atoms with Crippen molar-refractivity contribution in [2.24, 2.45) is 0 Å². The predicted octanol–water partition coefficient (Wildman–Crippen LogP) is 4.50. The molecule has 1 atom stereocenters. The molecular weight excluding hydrogens is 390 g/mol.